The minimum Gasteiger partial charge on any atom is -0.386 e. The summed E-state index contributed by atoms with van der Waals surface area (Å²) in [5.74, 6) is 0. The maximum Gasteiger partial charge on any atom is 0.100 e. The molecule has 0 radical (unpaired) electrons. The Labute approximate surface area is 76.0 Å². The van der Waals surface area contributed by atoms with Gasteiger partial charge in [-0.3, -0.25) is 0 Å². The molecule has 1 atom stereocenters. The fourth-order valence-corrected chi connectivity index (χ4v) is 2.89. The van der Waals surface area contributed by atoms with Crippen LogP contribution in [0.5, 0.6) is 0 Å². The molecule has 1 aromatic rings. The van der Waals surface area contributed by atoms with Gasteiger partial charge in [-0.2, -0.15) is 0 Å². The number of hydrogen-bond acceptors (Lipinski definition) is 3. The SMILES string of the molecule is NC[C@@H](O)c1cc2c(s1)CCC2. The van der Waals surface area contributed by atoms with Gasteiger partial charge in [-0.25, -0.2) is 0 Å². The highest BCUT2D eigenvalue weighted by Gasteiger charge is 2.17. The van der Waals surface area contributed by atoms with Crippen LogP contribution in [0.4, 0.5) is 0 Å². The summed E-state index contributed by atoms with van der Waals surface area (Å²) in [6.07, 6.45) is 3.21. The predicted molar refractivity (Wildman–Crippen MR) is 50.4 cm³/mol. The molecule has 0 aliphatic heterocycles. The van der Waals surface area contributed by atoms with Crippen molar-refractivity contribution in [3.8, 4) is 0 Å². The number of hydrogen-bond donors (Lipinski definition) is 2. The van der Waals surface area contributed by atoms with Crippen LogP contribution in [0.1, 0.15) is 27.8 Å². The third-order valence-corrected chi connectivity index (χ3v) is 3.66. The van der Waals surface area contributed by atoms with Crippen LogP contribution < -0.4 is 5.73 Å². The van der Waals surface area contributed by atoms with E-state index in [-0.39, 0.29) is 0 Å². The van der Waals surface area contributed by atoms with Gasteiger partial charge in [-0.15, -0.1) is 11.3 Å². The molecule has 0 fully saturated rings. The molecule has 3 N–H and O–H groups in total. The average molecular weight is 183 g/mol. The fourth-order valence-electron chi connectivity index (χ4n) is 1.63. The quantitative estimate of drug-likeness (QED) is 0.724. The van der Waals surface area contributed by atoms with Gasteiger partial charge in [-0.05, 0) is 30.9 Å². The molecule has 0 unspecified atom stereocenters. The zero-order valence-corrected chi connectivity index (χ0v) is 7.73. The van der Waals surface area contributed by atoms with Gasteiger partial charge in [-0.1, -0.05) is 0 Å². The Balaban J connectivity index is 2.25. The van der Waals surface area contributed by atoms with Crippen molar-refractivity contribution in [2.45, 2.75) is 25.4 Å². The molecule has 1 aromatic heterocycles. The topological polar surface area (TPSA) is 46.2 Å². The largest absolute Gasteiger partial charge is 0.386 e. The molecule has 1 aliphatic carbocycles. The molecule has 2 nitrogen and oxygen atoms in total. The van der Waals surface area contributed by atoms with E-state index in [9.17, 15) is 5.11 Å². The zero-order valence-electron chi connectivity index (χ0n) is 6.92. The van der Waals surface area contributed by atoms with Crippen LogP contribution in [0.25, 0.3) is 0 Å². The summed E-state index contributed by atoms with van der Waals surface area (Å²) >= 11 is 1.72. The fraction of sp³-hybridized carbons (Fsp3) is 0.556. The Morgan fingerprint density at radius 3 is 3.08 bits per heavy atom. The minimum atomic E-state index is -0.444. The van der Waals surface area contributed by atoms with E-state index in [0.717, 1.165) is 4.88 Å². The van der Waals surface area contributed by atoms with Crippen LogP contribution in [-0.4, -0.2) is 11.7 Å². The van der Waals surface area contributed by atoms with Crippen LogP contribution in [0.15, 0.2) is 6.07 Å². The standard InChI is InChI=1S/C9H13NOS/c10-5-7(11)9-4-6-2-1-3-8(6)12-9/h4,7,11H,1-3,5,10H2/t7-/m1/s1. The van der Waals surface area contributed by atoms with Crippen LogP contribution in [0, 0.1) is 0 Å². The summed E-state index contributed by atoms with van der Waals surface area (Å²) in [7, 11) is 0. The van der Waals surface area contributed by atoms with Gasteiger partial charge in [0.15, 0.2) is 0 Å². The Morgan fingerprint density at radius 1 is 1.58 bits per heavy atom. The van der Waals surface area contributed by atoms with E-state index in [1.54, 1.807) is 11.3 Å². The van der Waals surface area contributed by atoms with Gasteiger partial charge in [0, 0.05) is 16.3 Å². The maximum atomic E-state index is 9.47. The Hall–Kier alpha value is -0.380. The van der Waals surface area contributed by atoms with E-state index >= 15 is 0 Å². The molecule has 12 heavy (non-hydrogen) atoms. The lowest BCUT2D eigenvalue weighted by molar-refractivity contribution is 0.190. The second-order valence-electron chi connectivity index (χ2n) is 3.20. The van der Waals surface area contributed by atoms with Gasteiger partial charge in [0.05, 0.1) is 0 Å². The van der Waals surface area contributed by atoms with Crippen LogP contribution >= 0.6 is 11.3 Å². The van der Waals surface area contributed by atoms with Gasteiger partial charge in [0.25, 0.3) is 0 Å². The molecule has 3 heteroatoms. The van der Waals surface area contributed by atoms with Gasteiger partial charge < -0.3 is 10.8 Å². The molecule has 0 saturated carbocycles. The molecule has 0 amide bonds. The predicted octanol–water partition coefficient (Wildman–Crippen LogP) is 1.23. The van der Waals surface area contributed by atoms with Gasteiger partial charge in [0.2, 0.25) is 0 Å². The molecule has 1 aliphatic rings. The van der Waals surface area contributed by atoms with Crippen molar-refractivity contribution >= 4 is 11.3 Å². The molecular weight excluding hydrogens is 170 g/mol. The lowest BCUT2D eigenvalue weighted by atomic mass is 10.2. The van der Waals surface area contributed by atoms with Crippen molar-refractivity contribution in [2.24, 2.45) is 5.73 Å². The molecule has 2 rings (SSSR count). The molecule has 0 saturated heterocycles. The number of rotatable bonds is 2. The smallest absolute Gasteiger partial charge is 0.100 e. The zero-order chi connectivity index (χ0) is 8.55. The number of aryl methyl sites for hydroxylation is 2. The van der Waals surface area contributed by atoms with Crippen molar-refractivity contribution in [3.05, 3.63) is 21.4 Å². The first kappa shape index (κ1) is 8.23. The summed E-state index contributed by atoms with van der Waals surface area (Å²) in [5, 5.41) is 9.47. The minimum absolute atomic E-state index is 0.333. The highest BCUT2D eigenvalue weighted by molar-refractivity contribution is 7.12. The van der Waals surface area contributed by atoms with Crippen LogP contribution in [0.3, 0.4) is 0 Å². The van der Waals surface area contributed by atoms with Gasteiger partial charge >= 0.3 is 0 Å². The normalized spacial score (nSPS) is 17.8. The first-order valence-electron chi connectivity index (χ1n) is 4.31. The maximum absolute atomic E-state index is 9.47. The first-order chi connectivity index (χ1) is 5.81. The lowest BCUT2D eigenvalue weighted by Gasteiger charge is -2.02. The summed E-state index contributed by atoms with van der Waals surface area (Å²) in [6, 6.07) is 2.12. The van der Waals surface area contributed by atoms with Crippen LogP contribution in [0.2, 0.25) is 0 Å². The third kappa shape index (κ3) is 1.28. The van der Waals surface area contributed by atoms with E-state index in [0.29, 0.717) is 6.54 Å². The number of fused-ring (bicyclic) bond motifs is 1. The van der Waals surface area contributed by atoms with E-state index in [1.165, 1.54) is 29.7 Å². The number of aliphatic hydroxyl groups is 1. The van der Waals surface area contributed by atoms with Crippen LogP contribution in [-0.2, 0) is 12.8 Å². The summed E-state index contributed by atoms with van der Waals surface area (Å²) in [6.45, 7) is 0.333. The van der Waals surface area contributed by atoms with Crippen molar-refractivity contribution in [3.63, 3.8) is 0 Å². The van der Waals surface area contributed by atoms with Crippen molar-refractivity contribution in [2.75, 3.05) is 6.54 Å². The lowest BCUT2D eigenvalue weighted by Crippen LogP contribution is -2.09. The highest BCUT2D eigenvalue weighted by Crippen LogP contribution is 2.33. The molecular formula is C9H13NOS. The third-order valence-electron chi connectivity index (χ3n) is 2.32. The number of aliphatic hydroxyl groups excluding tert-OH is 1. The Kier molecular flexibility index (Phi) is 2.17. The van der Waals surface area contributed by atoms with E-state index in [1.807, 2.05) is 0 Å². The summed E-state index contributed by atoms with van der Waals surface area (Å²) < 4.78 is 0. The molecule has 0 spiro atoms. The van der Waals surface area contributed by atoms with Crippen molar-refractivity contribution < 1.29 is 5.11 Å². The second kappa shape index (κ2) is 3.17. The molecule has 0 bridgehead atoms. The highest BCUT2D eigenvalue weighted by atomic mass is 32.1. The molecule has 1 heterocycles. The molecule has 66 valence electrons. The summed E-state index contributed by atoms with van der Waals surface area (Å²) in [4.78, 5) is 2.50. The van der Waals surface area contributed by atoms with Crippen molar-refractivity contribution in [1.29, 1.82) is 0 Å². The first-order valence-corrected chi connectivity index (χ1v) is 5.12. The number of nitrogens with two attached hydrogens (primary N) is 1. The summed E-state index contributed by atoms with van der Waals surface area (Å²) in [5.41, 5.74) is 6.81. The average Bonchev–Trinajstić information content (AvgIpc) is 2.60. The Bertz CT molecular complexity index is 261. The van der Waals surface area contributed by atoms with Gasteiger partial charge in [0.1, 0.15) is 6.10 Å². The molecule has 0 aromatic carbocycles. The monoisotopic (exact) mass is 183 g/mol. The van der Waals surface area contributed by atoms with Crippen molar-refractivity contribution in [1.82, 2.24) is 0 Å². The van der Waals surface area contributed by atoms with E-state index in [4.69, 9.17) is 5.73 Å². The van der Waals surface area contributed by atoms with E-state index < -0.39 is 6.10 Å². The number of thiophene rings is 1. The van der Waals surface area contributed by atoms with E-state index in [2.05, 4.69) is 6.07 Å². The Morgan fingerprint density at radius 2 is 2.42 bits per heavy atom. The second-order valence-corrected chi connectivity index (χ2v) is 4.37.